The molecule has 23 nitrogen and oxygen atoms in total. The second-order valence-corrected chi connectivity index (χ2v) is 26.8. The van der Waals surface area contributed by atoms with E-state index in [0.717, 1.165) is 27.8 Å². The van der Waals surface area contributed by atoms with E-state index in [-0.39, 0.29) is 77.0 Å². The van der Waals surface area contributed by atoms with Gasteiger partial charge in [-0.1, -0.05) is 184 Å². The molecule has 3 N–H and O–H groups in total. The van der Waals surface area contributed by atoms with Gasteiger partial charge in [0.2, 0.25) is 60.0 Å². The van der Waals surface area contributed by atoms with E-state index in [1.165, 1.54) is 52.4 Å². The number of nitrogens with one attached hydrogen (secondary N) is 1. The van der Waals surface area contributed by atoms with Gasteiger partial charge < -0.3 is 64.5 Å². The van der Waals surface area contributed by atoms with Crippen molar-refractivity contribution in [2.45, 2.75) is 84.2 Å². The summed E-state index contributed by atoms with van der Waals surface area (Å²) in [5.41, 5.74) is 11.3. The van der Waals surface area contributed by atoms with E-state index in [1.807, 2.05) is 148 Å². The highest BCUT2D eigenvalue weighted by atomic mass is 16.7. The molecule has 0 saturated heterocycles. The van der Waals surface area contributed by atoms with E-state index in [0.29, 0.717) is 53.1 Å². The molecule has 0 radical (unpaired) electrons. The van der Waals surface area contributed by atoms with Crippen molar-refractivity contribution < 1.29 is 62.2 Å². The number of primary amides is 1. The van der Waals surface area contributed by atoms with Crippen LogP contribution in [0.25, 0.3) is 0 Å². The van der Waals surface area contributed by atoms with E-state index >= 15 is 24.0 Å². The zero-order valence-electron chi connectivity index (χ0n) is 60.3. The van der Waals surface area contributed by atoms with Gasteiger partial charge >= 0.3 is 0 Å². The summed E-state index contributed by atoms with van der Waals surface area (Å²) in [6, 6.07) is 54.9. The summed E-state index contributed by atoms with van der Waals surface area (Å²) >= 11 is 0. The molecule has 1 fully saturated rings. The Labute approximate surface area is 614 Å². The van der Waals surface area contributed by atoms with Gasteiger partial charge in [-0.25, -0.2) is 0 Å². The second kappa shape index (κ2) is 38.2. The molecule has 0 aromatic heterocycles. The third-order valence-electron chi connectivity index (χ3n) is 18.6. The smallest absolute Gasteiger partial charge is 0.243 e. The first kappa shape index (κ1) is 77.7. The van der Waals surface area contributed by atoms with E-state index in [9.17, 15) is 24.0 Å². The van der Waals surface area contributed by atoms with Crippen molar-refractivity contribution in [3.63, 3.8) is 0 Å². The molecule has 550 valence electrons. The fraction of sp³-hybridized carbons (Fsp3) is 0.341. The summed E-state index contributed by atoms with van der Waals surface area (Å²) in [6.45, 7) is 7.11. The molecule has 0 bridgehead atoms. The van der Waals surface area contributed by atoms with Gasteiger partial charge in [-0.05, 0) is 95.8 Å². The van der Waals surface area contributed by atoms with E-state index < -0.39 is 111 Å². The Bertz CT molecular complexity index is 4090. The number of nitrogens with two attached hydrogens (primary N) is 1. The van der Waals surface area contributed by atoms with Crippen LogP contribution in [0.3, 0.4) is 0 Å². The van der Waals surface area contributed by atoms with Gasteiger partial charge in [-0.2, -0.15) is 0 Å². The van der Waals surface area contributed by atoms with Crippen molar-refractivity contribution >= 4 is 59.5 Å². The van der Waals surface area contributed by atoms with Gasteiger partial charge in [0.05, 0.1) is 50.9 Å². The van der Waals surface area contributed by atoms with E-state index in [2.05, 4.69) is 11.9 Å². The normalized spacial score (nSPS) is 12.6. The van der Waals surface area contributed by atoms with Gasteiger partial charge in [-0.3, -0.25) is 47.9 Å². The van der Waals surface area contributed by atoms with Crippen molar-refractivity contribution in [3.8, 4) is 17.2 Å². The number of fused-ring (bicyclic) bond motifs is 1. The molecule has 7 aromatic carbocycles. The van der Waals surface area contributed by atoms with Crippen LogP contribution in [-0.4, -0.2) is 197 Å². The molecule has 1 saturated carbocycles. The average Bonchev–Trinajstić information content (AvgIpc) is 1.81. The minimum Gasteiger partial charge on any atom is -0.496 e. The maximum atomic E-state index is 15.6. The number of methoxy groups -OCH3 is 1. The molecular formula is C82H94N10O13. The maximum absolute atomic E-state index is 15.6. The minimum absolute atomic E-state index is 0.0180. The summed E-state index contributed by atoms with van der Waals surface area (Å²) in [5, 5.41) is 3.18. The molecule has 105 heavy (non-hydrogen) atoms. The first-order chi connectivity index (χ1) is 50.7. The molecule has 9 rings (SSSR count). The molecule has 2 aliphatic rings. The van der Waals surface area contributed by atoms with E-state index in [4.69, 9.17) is 19.9 Å². The van der Waals surface area contributed by atoms with Crippen LogP contribution < -0.4 is 25.3 Å². The number of hydrogen-bond acceptors (Lipinski definition) is 14. The van der Waals surface area contributed by atoms with Crippen LogP contribution in [0.1, 0.15) is 108 Å². The van der Waals surface area contributed by atoms with Crippen molar-refractivity contribution in [1.29, 1.82) is 0 Å². The molecule has 23 heteroatoms. The number of rotatable bonds is 39. The van der Waals surface area contributed by atoms with Crippen LogP contribution in [0.2, 0.25) is 0 Å². The summed E-state index contributed by atoms with van der Waals surface area (Å²) in [4.78, 5) is 156. The number of nitrogens with zero attached hydrogens (tertiary/aromatic N) is 8. The molecule has 1 aliphatic heterocycles. The standard InChI is InChI=1S/C82H94N10O13/c1-7-39-85(49-77(97)89(47-70(66-29-19-11-20-30-66)67-31-21-12-22-32-67)51-78(98)87(48-74(83)94)45-61-23-13-8-14-24-61)76(96)50-88(46-63-34-38-71-73(41-63)105-57-104-71)79(99)53-91(60(5)65-27-17-10-18-28-65)81(101)52-86(44-58(2)3)80(100)54-92(69-36-37-69)82(102)55-90(59(4)64-25-15-9-16-26-64)75(95)43-84-42-62-33-35-68(56-93)72(40-62)103-6/h7-35,38,40-41,56,58-60,69-70,84H,1,36-37,39,42-55,57H2,2-6H3,(H2,83,94)/t59-,60+/m0/s1. The van der Waals surface area contributed by atoms with Gasteiger partial charge in [-0.15, -0.1) is 6.58 Å². The summed E-state index contributed by atoms with van der Waals surface area (Å²) in [7, 11) is 1.47. The molecule has 0 spiro atoms. The zero-order chi connectivity index (χ0) is 74.9. The lowest BCUT2D eigenvalue weighted by atomic mass is 9.90. The molecule has 7 aromatic rings. The van der Waals surface area contributed by atoms with Crippen LogP contribution in [0.15, 0.2) is 201 Å². The Morgan fingerprint density at radius 2 is 0.962 bits per heavy atom. The van der Waals surface area contributed by atoms with Crippen LogP contribution >= 0.6 is 0 Å². The number of benzene rings is 7. The average molecular weight is 1430 g/mol. The highest BCUT2D eigenvalue weighted by Crippen LogP contribution is 2.34. The van der Waals surface area contributed by atoms with Crippen molar-refractivity contribution in [2.24, 2.45) is 11.7 Å². The van der Waals surface area contributed by atoms with Crippen molar-refractivity contribution in [1.82, 2.24) is 44.5 Å². The number of amides is 9. The number of carbonyl (C=O) groups is 10. The lowest BCUT2D eigenvalue weighted by molar-refractivity contribution is -0.150. The monoisotopic (exact) mass is 1430 g/mol. The number of hydrogen-bond donors (Lipinski definition) is 2. The first-order valence-electron chi connectivity index (χ1n) is 35.3. The third-order valence-corrected chi connectivity index (χ3v) is 18.6. The molecule has 1 aliphatic carbocycles. The third kappa shape index (κ3) is 22.3. The number of aldehydes is 1. The lowest BCUT2D eigenvalue weighted by Crippen LogP contribution is -2.53. The highest BCUT2D eigenvalue weighted by molar-refractivity contribution is 5.94. The number of carbonyl (C=O) groups excluding carboxylic acids is 10. The lowest BCUT2D eigenvalue weighted by Gasteiger charge is -2.35. The van der Waals surface area contributed by atoms with Gasteiger partial charge in [0, 0.05) is 51.2 Å². The summed E-state index contributed by atoms with van der Waals surface area (Å²) in [6.07, 6.45) is 3.38. The SMILES string of the molecule is C=CCN(CC(=O)N(CC(=O)N(CC(N)=O)Cc1ccccc1)CC(c1ccccc1)c1ccccc1)C(=O)CN(Cc1ccc2c(c1)OCO2)C(=O)CN(C(=O)CN(CC(C)C)C(=O)CN(C(=O)CN(C(=O)CNCc1ccc(C=O)c(OC)c1)[C@@H](C)c1ccccc1)C1CC1)[C@H](C)c1ccccc1. The largest absolute Gasteiger partial charge is 0.496 e. The second-order valence-electron chi connectivity index (χ2n) is 26.8. The van der Waals surface area contributed by atoms with Crippen LogP contribution in [0.5, 0.6) is 17.2 Å². The maximum Gasteiger partial charge on any atom is 0.243 e. The fourth-order valence-electron chi connectivity index (χ4n) is 12.7. The van der Waals surface area contributed by atoms with Gasteiger partial charge in [0.15, 0.2) is 17.8 Å². The molecule has 9 amide bonds. The molecule has 0 unspecified atom stereocenters. The van der Waals surface area contributed by atoms with Crippen LogP contribution in [0, 0.1) is 5.92 Å². The summed E-state index contributed by atoms with van der Waals surface area (Å²) in [5.74, 6) is -4.63. The Morgan fingerprint density at radius 1 is 0.495 bits per heavy atom. The Hall–Kier alpha value is -11.5. The van der Waals surface area contributed by atoms with Crippen molar-refractivity contribution in [2.75, 3.05) is 92.4 Å². The highest BCUT2D eigenvalue weighted by Gasteiger charge is 2.39. The molecular weight excluding hydrogens is 1330 g/mol. The van der Waals surface area contributed by atoms with Gasteiger partial charge in [0.25, 0.3) is 0 Å². The quantitative estimate of drug-likeness (QED) is 0.0272. The predicted octanol–water partition coefficient (Wildman–Crippen LogP) is 8.20. The summed E-state index contributed by atoms with van der Waals surface area (Å²) < 4.78 is 16.7. The van der Waals surface area contributed by atoms with E-state index in [1.54, 1.807) is 67.6 Å². The Kier molecular flexibility index (Phi) is 28.2. The molecule has 2 atom stereocenters. The predicted molar refractivity (Wildman–Crippen MR) is 397 cm³/mol. The van der Waals surface area contributed by atoms with Crippen LogP contribution in [-0.2, 0) is 62.8 Å². The minimum atomic E-state index is -0.785. The van der Waals surface area contributed by atoms with Crippen molar-refractivity contribution in [3.05, 3.63) is 245 Å². The molecule has 1 heterocycles. The topological polar surface area (TPSA) is 262 Å². The Balaban J connectivity index is 0.969. The fourth-order valence-corrected chi connectivity index (χ4v) is 12.7. The Morgan fingerprint density at radius 3 is 1.52 bits per heavy atom. The van der Waals surface area contributed by atoms with Gasteiger partial charge in [0.1, 0.15) is 38.5 Å². The first-order valence-corrected chi connectivity index (χ1v) is 35.3. The zero-order valence-corrected chi connectivity index (χ0v) is 60.3. The number of ether oxygens (including phenoxy) is 3. The van der Waals surface area contributed by atoms with Crippen LogP contribution in [0.4, 0.5) is 0 Å².